The molecule has 1 aliphatic rings. The molecule has 2 heterocycles. The Morgan fingerprint density at radius 3 is 2.90 bits per heavy atom. The van der Waals surface area contributed by atoms with Crippen LogP contribution in [0.5, 0.6) is 0 Å². The number of carbonyl (C=O) groups is 1. The van der Waals surface area contributed by atoms with E-state index in [2.05, 4.69) is 9.88 Å². The van der Waals surface area contributed by atoms with Crippen molar-refractivity contribution in [3.8, 4) is 0 Å². The van der Waals surface area contributed by atoms with Crippen molar-refractivity contribution >= 4 is 5.91 Å². The summed E-state index contributed by atoms with van der Waals surface area (Å²) in [7, 11) is 1.80. The molecule has 2 rings (SSSR count). The van der Waals surface area contributed by atoms with Crippen LogP contribution in [0.15, 0.2) is 18.3 Å². The highest BCUT2D eigenvalue weighted by Crippen LogP contribution is 2.22. The van der Waals surface area contributed by atoms with Gasteiger partial charge in [-0.3, -0.25) is 4.79 Å². The van der Waals surface area contributed by atoms with Crippen LogP contribution in [0.25, 0.3) is 0 Å². The number of hydrogen-bond donors (Lipinski definition) is 2. The van der Waals surface area contributed by atoms with Gasteiger partial charge in [-0.15, -0.1) is 0 Å². The van der Waals surface area contributed by atoms with E-state index in [0.717, 1.165) is 31.6 Å². The molecule has 112 valence electrons. The van der Waals surface area contributed by atoms with Gasteiger partial charge in [0.05, 0.1) is 6.10 Å². The van der Waals surface area contributed by atoms with Crippen LogP contribution in [0.4, 0.5) is 0 Å². The van der Waals surface area contributed by atoms with Crippen LogP contribution in [0.2, 0.25) is 0 Å². The van der Waals surface area contributed by atoms with Gasteiger partial charge in [0.15, 0.2) is 0 Å². The molecule has 5 nitrogen and oxygen atoms in total. The summed E-state index contributed by atoms with van der Waals surface area (Å²) < 4.78 is 2.11. The zero-order chi connectivity index (χ0) is 14.5. The number of nitrogens with zero attached hydrogens (tertiary/aromatic N) is 2. The summed E-state index contributed by atoms with van der Waals surface area (Å²) >= 11 is 0. The summed E-state index contributed by atoms with van der Waals surface area (Å²) in [4.78, 5) is 14.2. The van der Waals surface area contributed by atoms with E-state index in [9.17, 15) is 9.90 Å². The molecule has 0 saturated carbocycles. The van der Waals surface area contributed by atoms with E-state index in [0.29, 0.717) is 19.0 Å². The summed E-state index contributed by atoms with van der Waals surface area (Å²) in [5, 5.41) is 12.7. The first-order valence-corrected chi connectivity index (χ1v) is 7.40. The highest BCUT2D eigenvalue weighted by Gasteiger charge is 2.21. The summed E-state index contributed by atoms with van der Waals surface area (Å²) in [5.41, 5.74) is 0.755. The molecule has 5 heteroatoms. The predicted molar refractivity (Wildman–Crippen MR) is 78.8 cm³/mol. The fourth-order valence-corrected chi connectivity index (χ4v) is 2.66. The van der Waals surface area contributed by atoms with Gasteiger partial charge in [0.25, 0.3) is 5.91 Å². The van der Waals surface area contributed by atoms with Gasteiger partial charge in [-0.05, 0) is 51.4 Å². The van der Waals surface area contributed by atoms with Crippen LogP contribution in [-0.2, 0) is 0 Å². The average Bonchev–Trinajstić information content (AvgIpc) is 2.94. The monoisotopic (exact) mass is 279 g/mol. The second-order valence-corrected chi connectivity index (χ2v) is 5.65. The van der Waals surface area contributed by atoms with E-state index in [1.807, 2.05) is 18.3 Å². The third-order valence-corrected chi connectivity index (χ3v) is 3.93. The number of rotatable bonds is 5. The van der Waals surface area contributed by atoms with Gasteiger partial charge in [-0.25, -0.2) is 0 Å². The van der Waals surface area contributed by atoms with Crippen LogP contribution in [-0.4, -0.2) is 53.3 Å². The lowest BCUT2D eigenvalue weighted by molar-refractivity contribution is 0.0754. The van der Waals surface area contributed by atoms with Crippen molar-refractivity contribution < 1.29 is 9.90 Å². The van der Waals surface area contributed by atoms with Gasteiger partial charge in [0, 0.05) is 25.8 Å². The van der Waals surface area contributed by atoms with Crippen molar-refractivity contribution in [2.75, 3.05) is 26.7 Å². The molecule has 2 N–H and O–H groups in total. The van der Waals surface area contributed by atoms with Crippen LogP contribution in [0.3, 0.4) is 0 Å². The lowest BCUT2D eigenvalue weighted by atomic mass is 10.1. The molecule has 0 unspecified atom stereocenters. The van der Waals surface area contributed by atoms with E-state index in [1.165, 1.54) is 0 Å². The minimum absolute atomic E-state index is 0.0363. The first-order chi connectivity index (χ1) is 9.59. The predicted octanol–water partition coefficient (Wildman–Crippen LogP) is 1.26. The summed E-state index contributed by atoms with van der Waals surface area (Å²) in [6, 6.07) is 4.25. The van der Waals surface area contributed by atoms with E-state index in [-0.39, 0.29) is 12.0 Å². The van der Waals surface area contributed by atoms with Gasteiger partial charge in [-0.1, -0.05) is 0 Å². The molecule has 0 aromatic carbocycles. The molecule has 1 aromatic heterocycles. The van der Waals surface area contributed by atoms with Gasteiger partial charge < -0.3 is 19.9 Å². The Morgan fingerprint density at radius 2 is 2.25 bits per heavy atom. The number of aliphatic hydroxyl groups is 1. The Labute approximate surface area is 120 Å². The Balaban J connectivity index is 2.04. The van der Waals surface area contributed by atoms with Crippen molar-refractivity contribution in [3.63, 3.8) is 0 Å². The molecule has 1 atom stereocenters. The number of hydrogen-bond acceptors (Lipinski definition) is 3. The smallest absolute Gasteiger partial charge is 0.270 e. The second-order valence-electron chi connectivity index (χ2n) is 5.65. The summed E-state index contributed by atoms with van der Waals surface area (Å²) in [5.74, 6) is 0.0363. The molecular weight excluding hydrogens is 254 g/mol. The zero-order valence-corrected chi connectivity index (χ0v) is 12.4. The van der Waals surface area contributed by atoms with E-state index in [1.54, 1.807) is 18.9 Å². The molecule has 1 aromatic rings. The van der Waals surface area contributed by atoms with Crippen LogP contribution in [0.1, 0.15) is 42.7 Å². The van der Waals surface area contributed by atoms with Crippen molar-refractivity contribution in [3.05, 3.63) is 24.0 Å². The lowest BCUT2D eigenvalue weighted by Crippen LogP contribution is -2.34. The Kier molecular flexibility index (Phi) is 5.20. The summed E-state index contributed by atoms with van der Waals surface area (Å²) in [6.07, 6.45) is 4.36. The molecule has 0 radical (unpaired) electrons. The normalized spacial score (nSPS) is 17.9. The minimum atomic E-state index is -0.374. The number of piperidine rings is 1. The number of aliphatic hydroxyl groups excluding tert-OH is 1. The first-order valence-electron chi connectivity index (χ1n) is 7.40. The van der Waals surface area contributed by atoms with Crippen LogP contribution < -0.4 is 5.32 Å². The molecule has 1 fully saturated rings. The number of carbonyl (C=O) groups excluding carboxylic acids is 1. The van der Waals surface area contributed by atoms with Crippen LogP contribution >= 0.6 is 0 Å². The Morgan fingerprint density at radius 1 is 1.55 bits per heavy atom. The minimum Gasteiger partial charge on any atom is -0.393 e. The zero-order valence-electron chi connectivity index (χ0n) is 12.4. The molecule has 20 heavy (non-hydrogen) atoms. The highest BCUT2D eigenvalue weighted by atomic mass is 16.3. The average molecular weight is 279 g/mol. The molecule has 1 amide bonds. The highest BCUT2D eigenvalue weighted by molar-refractivity contribution is 5.92. The molecule has 1 saturated heterocycles. The fraction of sp³-hybridized carbons (Fsp3) is 0.667. The standard InChI is InChI=1S/C15H25N3O2/c1-12(19)7-11-17(2)15(20)14-4-3-10-18(14)13-5-8-16-9-6-13/h3-4,10,12-13,16,19H,5-9,11H2,1-2H3/t12-/m1/s1. The van der Waals surface area contributed by atoms with Gasteiger partial charge in [0.1, 0.15) is 5.69 Å². The Bertz CT molecular complexity index is 436. The quantitative estimate of drug-likeness (QED) is 0.853. The van der Waals surface area contributed by atoms with Crippen molar-refractivity contribution in [2.45, 2.75) is 38.3 Å². The molecule has 0 aliphatic carbocycles. The van der Waals surface area contributed by atoms with E-state index in [4.69, 9.17) is 0 Å². The first kappa shape index (κ1) is 15.1. The topological polar surface area (TPSA) is 57.5 Å². The van der Waals surface area contributed by atoms with Crippen molar-refractivity contribution in [2.24, 2.45) is 0 Å². The third kappa shape index (κ3) is 3.61. The van der Waals surface area contributed by atoms with Crippen molar-refractivity contribution in [1.29, 1.82) is 0 Å². The Hall–Kier alpha value is -1.33. The van der Waals surface area contributed by atoms with Gasteiger partial charge >= 0.3 is 0 Å². The maximum absolute atomic E-state index is 12.5. The van der Waals surface area contributed by atoms with Crippen molar-refractivity contribution in [1.82, 2.24) is 14.8 Å². The number of amides is 1. The van der Waals surface area contributed by atoms with E-state index >= 15 is 0 Å². The molecular formula is C15H25N3O2. The van der Waals surface area contributed by atoms with E-state index < -0.39 is 0 Å². The largest absolute Gasteiger partial charge is 0.393 e. The maximum atomic E-state index is 12.5. The molecule has 0 bridgehead atoms. The van der Waals surface area contributed by atoms with Gasteiger partial charge in [0.2, 0.25) is 0 Å². The maximum Gasteiger partial charge on any atom is 0.270 e. The molecule has 0 spiro atoms. The summed E-state index contributed by atoms with van der Waals surface area (Å²) in [6.45, 7) is 4.34. The SMILES string of the molecule is C[C@@H](O)CCN(C)C(=O)c1cccn1C1CCNCC1. The van der Waals surface area contributed by atoms with Gasteiger partial charge in [-0.2, -0.15) is 0 Å². The fourth-order valence-electron chi connectivity index (χ4n) is 2.66. The lowest BCUT2D eigenvalue weighted by Gasteiger charge is -2.27. The third-order valence-electron chi connectivity index (χ3n) is 3.93. The molecule has 1 aliphatic heterocycles. The number of aromatic nitrogens is 1. The van der Waals surface area contributed by atoms with Crippen LogP contribution in [0, 0.1) is 0 Å². The number of nitrogens with one attached hydrogen (secondary N) is 1. The second kappa shape index (κ2) is 6.90.